The van der Waals surface area contributed by atoms with Crippen LogP contribution in [0.15, 0.2) is 84.0 Å². The second-order valence-electron chi connectivity index (χ2n) is 6.52. The number of carbonyl (C=O) groups is 1. The van der Waals surface area contributed by atoms with Crippen LogP contribution in [0.25, 0.3) is 17.1 Å². The fourth-order valence-corrected chi connectivity index (χ4v) is 3.79. The van der Waals surface area contributed by atoms with Gasteiger partial charge in [-0.15, -0.1) is 10.2 Å². The fraction of sp³-hybridized carbons (Fsp3) is 0.0870. The number of nitrogens with one attached hydrogen (secondary N) is 1. The van der Waals surface area contributed by atoms with Crippen molar-refractivity contribution < 1.29 is 13.9 Å². The molecule has 1 aromatic heterocycles. The molecule has 8 heteroatoms. The van der Waals surface area contributed by atoms with Crippen molar-refractivity contribution in [3.63, 3.8) is 0 Å². The van der Waals surface area contributed by atoms with Gasteiger partial charge in [-0.3, -0.25) is 9.36 Å². The fourth-order valence-electron chi connectivity index (χ4n) is 3.04. The number of halogens is 1. The van der Waals surface area contributed by atoms with Crippen molar-refractivity contribution in [3.05, 3.63) is 84.7 Å². The van der Waals surface area contributed by atoms with E-state index in [0.29, 0.717) is 22.4 Å². The van der Waals surface area contributed by atoms with E-state index in [1.165, 1.54) is 36.0 Å². The maximum absolute atomic E-state index is 13.1. The number of para-hydroxylation sites is 2. The predicted octanol–water partition coefficient (Wildman–Crippen LogP) is 4.81. The highest BCUT2D eigenvalue weighted by Gasteiger charge is 2.19. The quantitative estimate of drug-likeness (QED) is 0.423. The molecule has 6 nitrogen and oxygen atoms in total. The first-order valence-electron chi connectivity index (χ1n) is 9.48. The average Bonchev–Trinajstić information content (AvgIpc) is 3.23. The van der Waals surface area contributed by atoms with Crippen molar-refractivity contribution in [2.24, 2.45) is 0 Å². The Balaban J connectivity index is 1.61. The molecule has 31 heavy (non-hydrogen) atoms. The third kappa shape index (κ3) is 4.75. The molecule has 1 N–H and O–H groups in total. The van der Waals surface area contributed by atoms with Crippen LogP contribution in [0.5, 0.6) is 5.75 Å². The van der Waals surface area contributed by atoms with Crippen LogP contribution in [0.4, 0.5) is 10.1 Å². The van der Waals surface area contributed by atoms with Crippen LogP contribution in [0.2, 0.25) is 0 Å². The first-order chi connectivity index (χ1) is 15.2. The molecular weight excluding hydrogens is 415 g/mol. The first-order valence-corrected chi connectivity index (χ1v) is 10.5. The van der Waals surface area contributed by atoms with Crippen LogP contribution in [-0.4, -0.2) is 33.5 Å². The molecule has 0 saturated carbocycles. The second kappa shape index (κ2) is 9.44. The zero-order valence-corrected chi connectivity index (χ0v) is 17.5. The van der Waals surface area contributed by atoms with Crippen molar-refractivity contribution in [2.75, 3.05) is 18.2 Å². The molecule has 156 valence electrons. The number of amides is 1. The number of benzene rings is 3. The molecule has 1 amide bonds. The number of ether oxygens (including phenoxy) is 1. The number of rotatable bonds is 7. The molecule has 0 bridgehead atoms. The Morgan fingerprint density at radius 3 is 2.45 bits per heavy atom. The van der Waals surface area contributed by atoms with Gasteiger partial charge in [0.05, 0.1) is 18.4 Å². The van der Waals surface area contributed by atoms with Gasteiger partial charge in [0.1, 0.15) is 11.6 Å². The molecule has 0 aliphatic heterocycles. The van der Waals surface area contributed by atoms with E-state index in [2.05, 4.69) is 15.5 Å². The number of thioether (sulfide) groups is 1. The highest BCUT2D eigenvalue weighted by molar-refractivity contribution is 7.99. The van der Waals surface area contributed by atoms with E-state index in [-0.39, 0.29) is 17.5 Å². The minimum atomic E-state index is -0.354. The number of nitrogens with zero attached hydrogens (tertiary/aromatic N) is 3. The van der Waals surface area contributed by atoms with E-state index in [1.807, 2.05) is 59.2 Å². The van der Waals surface area contributed by atoms with Gasteiger partial charge >= 0.3 is 0 Å². The summed E-state index contributed by atoms with van der Waals surface area (Å²) in [7, 11) is 1.61. The molecule has 0 aliphatic rings. The summed E-state index contributed by atoms with van der Waals surface area (Å²) < 4.78 is 20.4. The van der Waals surface area contributed by atoms with Crippen molar-refractivity contribution >= 4 is 23.4 Å². The van der Waals surface area contributed by atoms with Gasteiger partial charge in [0.15, 0.2) is 11.0 Å². The molecular formula is C23H19FN4O2S. The van der Waals surface area contributed by atoms with Crippen molar-refractivity contribution in [1.29, 1.82) is 0 Å². The SMILES string of the molecule is COc1ccccc1-c1nnc(SCC(=O)Nc2ccc(F)cc2)n1-c1ccccc1. The Labute approximate surface area is 183 Å². The molecule has 3 aromatic carbocycles. The summed E-state index contributed by atoms with van der Waals surface area (Å²) >= 11 is 1.26. The van der Waals surface area contributed by atoms with E-state index in [0.717, 1.165) is 11.3 Å². The third-order valence-corrected chi connectivity index (χ3v) is 5.38. The van der Waals surface area contributed by atoms with Gasteiger partial charge in [-0.25, -0.2) is 4.39 Å². The molecule has 0 aliphatic carbocycles. The van der Waals surface area contributed by atoms with Gasteiger partial charge in [-0.1, -0.05) is 42.1 Å². The van der Waals surface area contributed by atoms with E-state index < -0.39 is 0 Å². The lowest BCUT2D eigenvalue weighted by atomic mass is 10.2. The molecule has 4 aromatic rings. The van der Waals surface area contributed by atoms with Crippen molar-refractivity contribution in [3.8, 4) is 22.8 Å². The predicted molar refractivity (Wildman–Crippen MR) is 119 cm³/mol. The third-order valence-electron chi connectivity index (χ3n) is 4.46. The number of hydrogen-bond acceptors (Lipinski definition) is 5. The van der Waals surface area contributed by atoms with E-state index in [1.54, 1.807) is 7.11 Å². The lowest BCUT2D eigenvalue weighted by Crippen LogP contribution is -2.14. The lowest BCUT2D eigenvalue weighted by molar-refractivity contribution is -0.113. The standard InChI is InChI=1S/C23H19FN4O2S/c1-30-20-10-6-5-9-19(20)22-26-27-23(28(22)18-7-3-2-4-8-18)31-15-21(29)25-17-13-11-16(24)12-14-17/h2-14H,15H2,1H3,(H,25,29). The number of anilines is 1. The van der Waals surface area contributed by atoms with Crippen LogP contribution in [0, 0.1) is 5.82 Å². The molecule has 0 saturated heterocycles. The summed E-state index contributed by atoms with van der Waals surface area (Å²) in [6, 6.07) is 22.9. The second-order valence-corrected chi connectivity index (χ2v) is 7.46. The summed E-state index contributed by atoms with van der Waals surface area (Å²) in [6.45, 7) is 0. The Bertz CT molecular complexity index is 1180. The van der Waals surface area contributed by atoms with Crippen molar-refractivity contribution in [1.82, 2.24) is 14.8 Å². The topological polar surface area (TPSA) is 69.0 Å². The number of carbonyl (C=O) groups excluding carboxylic acids is 1. The smallest absolute Gasteiger partial charge is 0.234 e. The molecule has 0 radical (unpaired) electrons. The number of aromatic nitrogens is 3. The highest BCUT2D eigenvalue weighted by atomic mass is 32.2. The summed E-state index contributed by atoms with van der Waals surface area (Å²) in [5.41, 5.74) is 2.20. The van der Waals surface area contributed by atoms with Crippen LogP contribution >= 0.6 is 11.8 Å². The molecule has 0 unspecified atom stereocenters. The summed E-state index contributed by atoms with van der Waals surface area (Å²) in [6.07, 6.45) is 0. The molecule has 4 rings (SSSR count). The van der Waals surface area contributed by atoms with Gasteiger partial charge < -0.3 is 10.1 Å². The Hall–Kier alpha value is -3.65. The van der Waals surface area contributed by atoms with Crippen LogP contribution in [-0.2, 0) is 4.79 Å². The summed E-state index contributed by atoms with van der Waals surface area (Å²) in [4.78, 5) is 12.4. The zero-order chi connectivity index (χ0) is 21.6. The lowest BCUT2D eigenvalue weighted by Gasteiger charge is -2.12. The van der Waals surface area contributed by atoms with Crippen molar-refractivity contribution in [2.45, 2.75) is 5.16 Å². The van der Waals surface area contributed by atoms with Gasteiger partial charge in [0.2, 0.25) is 5.91 Å². The first kappa shape index (κ1) is 20.6. The number of methoxy groups -OCH3 is 1. The maximum Gasteiger partial charge on any atom is 0.234 e. The minimum absolute atomic E-state index is 0.119. The van der Waals surface area contributed by atoms with Crippen LogP contribution < -0.4 is 10.1 Å². The van der Waals surface area contributed by atoms with Gasteiger partial charge in [0.25, 0.3) is 0 Å². The normalized spacial score (nSPS) is 10.6. The van der Waals surface area contributed by atoms with E-state index >= 15 is 0 Å². The Morgan fingerprint density at radius 1 is 1.00 bits per heavy atom. The number of hydrogen-bond donors (Lipinski definition) is 1. The zero-order valence-electron chi connectivity index (χ0n) is 16.7. The van der Waals surface area contributed by atoms with Crippen LogP contribution in [0.3, 0.4) is 0 Å². The van der Waals surface area contributed by atoms with Crippen LogP contribution in [0.1, 0.15) is 0 Å². The maximum atomic E-state index is 13.1. The van der Waals surface area contributed by atoms with Gasteiger partial charge in [-0.2, -0.15) is 0 Å². The molecule has 1 heterocycles. The Kier molecular flexibility index (Phi) is 6.28. The molecule has 0 fully saturated rings. The molecule has 0 spiro atoms. The minimum Gasteiger partial charge on any atom is -0.496 e. The van der Waals surface area contributed by atoms with E-state index in [4.69, 9.17) is 4.74 Å². The van der Waals surface area contributed by atoms with Gasteiger partial charge in [0, 0.05) is 11.4 Å². The van der Waals surface area contributed by atoms with E-state index in [9.17, 15) is 9.18 Å². The monoisotopic (exact) mass is 434 g/mol. The summed E-state index contributed by atoms with van der Waals surface area (Å²) in [5, 5.41) is 12.0. The Morgan fingerprint density at radius 2 is 1.71 bits per heavy atom. The largest absolute Gasteiger partial charge is 0.496 e. The summed E-state index contributed by atoms with van der Waals surface area (Å²) in [5.74, 6) is 0.835. The highest BCUT2D eigenvalue weighted by Crippen LogP contribution is 2.33. The van der Waals surface area contributed by atoms with Gasteiger partial charge in [-0.05, 0) is 48.5 Å². The molecule has 0 atom stereocenters. The average molecular weight is 434 g/mol.